The van der Waals surface area contributed by atoms with Gasteiger partial charge in [-0.2, -0.15) is 0 Å². The molecule has 0 amide bonds. The van der Waals surface area contributed by atoms with Crippen molar-refractivity contribution in [1.82, 2.24) is 0 Å². The monoisotopic (exact) mass is 324 g/mol. The van der Waals surface area contributed by atoms with Gasteiger partial charge in [-0.15, -0.1) is 13.2 Å². The average Bonchev–Trinajstić information content (AvgIpc) is 2.30. The lowest BCUT2D eigenvalue weighted by molar-refractivity contribution is -0.274. The molecule has 0 atom stereocenters. The van der Waals surface area contributed by atoms with E-state index in [1.165, 1.54) is 18.2 Å². The first-order valence-corrected chi connectivity index (χ1v) is 6.02. The molecule has 0 saturated heterocycles. The molecule has 106 valence electrons. The summed E-state index contributed by atoms with van der Waals surface area (Å²) in [5, 5.41) is 0.461. The Morgan fingerprint density at radius 3 is 2.20 bits per heavy atom. The fraction of sp³-hybridized carbons (Fsp3) is 0.0769. The second kappa shape index (κ2) is 5.50. The predicted molar refractivity (Wildman–Crippen MR) is 68.5 cm³/mol. The minimum absolute atomic E-state index is 0.103. The Labute approximate surface area is 121 Å². The third kappa shape index (κ3) is 3.55. The maximum absolute atomic E-state index is 13.7. The lowest BCUT2D eigenvalue weighted by Crippen LogP contribution is -2.17. The predicted octanol–water partition coefficient (Wildman–Crippen LogP) is 5.70. The van der Waals surface area contributed by atoms with E-state index in [0.717, 1.165) is 18.2 Å². The van der Waals surface area contributed by atoms with Crippen LogP contribution in [0.3, 0.4) is 0 Å². The molecule has 0 aliphatic carbocycles. The van der Waals surface area contributed by atoms with E-state index in [0.29, 0.717) is 5.02 Å². The molecule has 0 heterocycles. The van der Waals surface area contributed by atoms with Crippen LogP contribution in [-0.4, -0.2) is 6.36 Å². The summed E-state index contributed by atoms with van der Waals surface area (Å²) < 4.78 is 53.9. The number of alkyl halides is 3. The Morgan fingerprint density at radius 2 is 1.60 bits per heavy atom. The maximum Gasteiger partial charge on any atom is 0.573 e. The summed E-state index contributed by atoms with van der Waals surface area (Å²) in [5.74, 6) is -1.25. The first-order valence-electron chi connectivity index (χ1n) is 5.27. The van der Waals surface area contributed by atoms with Crippen molar-refractivity contribution < 1.29 is 22.3 Å². The summed E-state index contributed by atoms with van der Waals surface area (Å²) in [6, 6.07) is 6.94. The fourth-order valence-corrected chi connectivity index (χ4v) is 2.13. The molecule has 0 aliphatic heterocycles. The van der Waals surface area contributed by atoms with Crippen LogP contribution in [0.5, 0.6) is 5.75 Å². The molecule has 0 radical (unpaired) electrons. The van der Waals surface area contributed by atoms with Crippen molar-refractivity contribution >= 4 is 23.2 Å². The SMILES string of the molecule is Fc1ccc(OC(F)(F)F)cc1-c1ccc(Cl)cc1Cl. The van der Waals surface area contributed by atoms with E-state index in [-0.39, 0.29) is 16.1 Å². The van der Waals surface area contributed by atoms with E-state index in [9.17, 15) is 17.6 Å². The average molecular weight is 325 g/mol. The maximum atomic E-state index is 13.7. The highest BCUT2D eigenvalue weighted by atomic mass is 35.5. The van der Waals surface area contributed by atoms with Crippen LogP contribution in [0, 0.1) is 5.82 Å². The molecule has 2 aromatic carbocycles. The first-order chi connectivity index (χ1) is 9.26. The van der Waals surface area contributed by atoms with E-state index >= 15 is 0 Å². The second-order valence-electron chi connectivity index (χ2n) is 3.81. The van der Waals surface area contributed by atoms with E-state index in [1.54, 1.807) is 0 Å². The van der Waals surface area contributed by atoms with E-state index in [1.807, 2.05) is 0 Å². The quantitative estimate of drug-likeness (QED) is 0.644. The van der Waals surface area contributed by atoms with Gasteiger partial charge >= 0.3 is 6.36 Å². The van der Waals surface area contributed by atoms with Gasteiger partial charge in [-0.1, -0.05) is 29.3 Å². The minimum Gasteiger partial charge on any atom is -0.406 e. The van der Waals surface area contributed by atoms with E-state index in [2.05, 4.69) is 4.74 Å². The molecule has 0 spiro atoms. The first kappa shape index (κ1) is 14.9. The van der Waals surface area contributed by atoms with Crippen LogP contribution in [0.2, 0.25) is 10.0 Å². The Kier molecular flexibility index (Phi) is 4.11. The Hall–Kier alpha value is -1.46. The molecule has 0 saturated carbocycles. The molecule has 0 aromatic heterocycles. The zero-order valence-electron chi connectivity index (χ0n) is 9.64. The van der Waals surface area contributed by atoms with Gasteiger partial charge in [0.25, 0.3) is 0 Å². The number of ether oxygens (including phenoxy) is 1. The van der Waals surface area contributed by atoms with Gasteiger partial charge < -0.3 is 4.74 Å². The molecule has 1 nitrogen and oxygen atoms in total. The van der Waals surface area contributed by atoms with Crippen LogP contribution in [-0.2, 0) is 0 Å². The fourth-order valence-electron chi connectivity index (χ4n) is 1.62. The summed E-state index contributed by atoms with van der Waals surface area (Å²) in [6.45, 7) is 0. The van der Waals surface area contributed by atoms with Gasteiger partial charge in [0.15, 0.2) is 0 Å². The molecule has 0 N–H and O–H groups in total. The zero-order valence-corrected chi connectivity index (χ0v) is 11.2. The minimum atomic E-state index is -4.85. The number of halogens is 6. The summed E-state index contributed by atoms with van der Waals surface area (Å²) in [5.41, 5.74) is 0.120. The third-order valence-electron chi connectivity index (χ3n) is 2.39. The highest BCUT2D eigenvalue weighted by Gasteiger charge is 2.31. The highest BCUT2D eigenvalue weighted by Crippen LogP contribution is 2.35. The number of benzene rings is 2. The number of hydrogen-bond acceptors (Lipinski definition) is 1. The van der Waals surface area contributed by atoms with E-state index in [4.69, 9.17) is 23.2 Å². The molecule has 0 fully saturated rings. The van der Waals surface area contributed by atoms with Crippen molar-refractivity contribution in [2.75, 3.05) is 0 Å². The highest BCUT2D eigenvalue weighted by molar-refractivity contribution is 6.36. The normalized spacial score (nSPS) is 11.5. The zero-order chi connectivity index (χ0) is 14.9. The molecule has 20 heavy (non-hydrogen) atoms. The van der Waals surface area contributed by atoms with Gasteiger partial charge in [-0.25, -0.2) is 4.39 Å². The van der Waals surface area contributed by atoms with Crippen molar-refractivity contribution in [1.29, 1.82) is 0 Å². The van der Waals surface area contributed by atoms with Gasteiger partial charge in [-0.3, -0.25) is 0 Å². The summed E-state index contributed by atoms with van der Waals surface area (Å²) in [4.78, 5) is 0. The molecular formula is C13H6Cl2F4O. The smallest absolute Gasteiger partial charge is 0.406 e. The van der Waals surface area contributed by atoms with Gasteiger partial charge in [0.1, 0.15) is 11.6 Å². The Bertz CT molecular complexity index is 641. The second-order valence-corrected chi connectivity index (χ2v) is 4.66. The van der Waals surface area contributed by atoms with Crippen LogP contribution >= 0.6 is 23.2 Å². The lowest BCUT2D eigenvalue weighted by atomic mass is 10.0. The molecule has 0 unspecified atom stereocenters. The largest absolute Gasteiger partial charge is 0.573 e. The molecule has 2 aromatic rings. The van der Waals surface area contributed by atoms with Crippen molar-refractivity contribution in [3.8, 4) is 16.9 Å². The van der Waals surface area contributed by atoms with Gasteiger partial charge in [0, 0.05) is 21.2 Å². The molecular weight excluding hydrogens is 319 g/mol. The summed E-state index contributed by atoms with van der Waals surface area (Å²) >= 11 is 11.6. The topological polar surface area (TPSA) is 9.23 Å². The van der Waals surface area contributed by atoms with Crippen LogP contribution in [0.25, 0.3) is 11.1 Å². The van der Waals surface area contributed by atoms with Gasteiger partial charge in [0.05, 0.1) is 0 Å². The number of rotatable bonds is 2. The Balaban J connectivity index is 2.48. The van der Waals surface area contributed by atoms with Crippen LogP contribution in [0.1, 0.15) is 0 Å². The third-order valence-corrected chi connectivity index (χ3v) is 2.94. The van der Waals surface area contributed by atoms with Crippen LogP contribution < -0.4 is 4.74 Å². The van der Waals surface area contributed by atoms with Crippen molar-refractivity contribution in [2.45, 2.75) is 6.36 Å². The summed E-state index contributed by atoms with van der Waals surface area (Å²) in [6.07, 6.45) is -4.85. The van der Waals surface area contributed by atoms with Crippen molar-refractivity contribution in [3.05, 3.63) is 52.3 Å². The van der Waals surface area contributed by atoms with Crippen molar-refractivity contribution in [2.24, 2.45) is 0 Å². The van der Waals surface area contributed by atoms with Gasteiger partial charge in [-0.05, 0) is 30.3 Å². The molecule has 0 aliphatic rings. The number of hydrogen-bond donors (Lipinski definition) is 0. The molecule has 2 rings (SSSR count). The van der Waals surface area contributed by atoms with Crippen LogP contribution in [0.15, 0.2) is 36.4 Å². The van der Waals surface area contributed by atoms with E-state index < -0.39 is 17.9 Å². The lowest BCUT2D eigenvalue weighted by Gasteiger charge is -2.11. The van der Waals surface area contributed by atoms with Crippen molar-refractivity contribution in [3.63, 3.8) is 0 Å². The molecule has 0 bridgehead atoms. The van der Waals surface area contributed by atoms with Crippen LogP contribution in [0.4, 0.5) is 17.6 Å². The van der Waals surface area contributed by atoms with Gasteiger partial charge in [0.2, 0.25) is 0 Å². The molecule has 7 heteroatoms. The standard InChI is InChI=1S/C13H6Cl2F4O/c14-7-1-3-9(11(15)5-7)10-6-8(2-4-12(10)16)20-13(17,18)19/h1-6H. The Morgan fingerprint density at radius 1 is 0.900 bits per heavy atom. The summed E-state index contributed by atoms with van der Waals surface area (Å²) in [7, 11) is 0.